The fourth-order valence-electron chi connectivity index (χ4n) is 1.68. The van der Waals surface area contributed by atoms with Gasteiger partial charge in [0, 0.05) is 12.1 Å². The van der Waals surface area contributed by atoms with Crippen LogP contribution in [-0.2, 0) is 28.6 Å². The van der Waals surface area contributed by atoms with Crippen LogP contribution in [0.3, 0.4) is 0 Å². The molecule has 0 bridgehead atoms. The van der Waals surface area contributed by atoms with E-state index in [1.807, 2.05) is 0 Å². The van der Waals surface area contributed by atoms with E-state index in [1.54, 1.807) is 36.4 Å². The van der Waals surface area contributed by atoms with Crippen LogP contribution in [0.5, 0.6) is 0 Å². The van der Waals surface area contributed by atoms with E-state index in [1.165, 1.54) is 12.1 Å². The number of hydrogen-bond donors (Lipinski definition) is 0. The van der Waals surface area contributed by atoms with E-state index < -0.39 is 49.2 Å². The topological polar surface area (TPSA) is 86.7 Å². The summed E-state index contributed by atoms with van der Waals surface area (Å²) in [6.45, 7) is 0. The Morgan fingerprint density at radius 3 is 1.27 bits per heavy atom. The van der Waals surface area contributed by atoms with Gasteiger partial charge in [0.25, 0.3) is 20.2 Å². The van der Waals surface area contributed by atoms with Gasteiger partial charge in [-0.15, -0.1) is 0 Å². The Balaban J connectivity index is 0.000000553. The SMILES string of the molecule is COS(=O)(=O)c1cccc([I+]c2cccc(S(=O)(=O)OC)c2)c1.F[P-](F)(F)(F)(F)F. The Morgan fingerprint density at radius 1 is 0.700 bits per heavy atom. The van der Waals surface area contributed by atoms with Crippen LogP contribution in [0, 0.1) is 7.14 Å². The molecule has 30 heavy (non-hydrogen) atoms. The molecule has 2 aromatic rings. The number of halogens is 7. The minimum atomic E-state index is -10.7. The monoisotopic (exact) mass is 614 g/mol. The maximum absolute atomic E-state index is 11.7. The van der Waals surface area contributed by atoms with Crippen LogP contribution < -0.4 is 21.2 Å². The zero-order chi connectivity index (χ0) is 23.5. The molecule has 0 fully saturated rings. The van der Waals surface area contributed by atoms with Gasteiger partial charge in [0.05, 0.1) is 24.0 Å². The van der Waals surface area contributed by atoms with E-state index in [0.717, 1.165) is 21.4 Å². The van der Waals surface area contributed by atoms with E-state index in [2.05, 4.69) is 8.37 Å². The molecular formula is C14H14F6IO6PS2. The molecule has 0 saturated carbocycles. The van der Waals surface area contributed by atoms with Gasteiger partial charge in [-0.1, -0.05) is 12.1 Å². The summed E-state index contributed by atoms with van der Waals surface area (Å²) in [5, 5.41) is 0. The van der Waals surface area contributed by atoms with Gasteiger partial charge < -0.3 is 0 Å². The van der Waals surface area contributed by atoms with E-state index in [-0.39, 0.29) is 9.79 Å². The molecule has 0 atom stereocenters. The van der Waals surface area contributed by atoms with Crippen LogP contribution in [-0.4, -0.2) is 31.1 Å². The summed E-state index contributed by atoms with van der Waals surface area (Å²) in [4.78, 5) is 0.163. The molecule has 0 spiro atoms. The van der Waals surface area contributed by atoms with Crippen molar-refractivity contribution in [1.29, 1.82) is 0 Å². The first kappa shape index (κ1) is 27.0. The molecule has 2 aromatic carbocycles. The predicted molar refractivity (Wildman–Crippen MR) is 92.2 cm³/mol. The van der Waals surface area contributed by atoms with Gasteiger partial charge in [-0.2, -0.15) is 16.8 Å². The van der Waals surface area contributed by atoms with Crippen LogP contribution in [0.25, 0.3) is 0 Å². The molecule has 0 unspecified atom stereocenters. The normalized spacial score (nSPS) is 14.8. The molecule has 6 nitrogen and oxygen atoms in total. The van der Waals surface area contributed by atoms with Gasteiger partial charge in [0.15, 0.2) is 7.14 Å². The first-order chi connectivity index (χ1) is 13.2. The fraction of sp³-hybridized carbons (Fsp3) is 0.143. The third-order valence-corrected chi connectivity index (χ3v) is 7.95. The van der Waals surface area contributed by atoms with E-state index in [0.29, 0.717) is 0 Å². The van der Waals surface area contributed by atoms with Gasteiger partial charge >= 0.3 is 54.2 Å². The summed E-state index contributed by atoms with van der Waals surface area (Å²) in [5.74, 6) is 0. The molecule has 0 amide bonds. The Bertz CT molecular complexity index is 1030. The second-order valence-electron chi connectivity index (χ2n) is 5.21. The zero-order valence-corrected chi connectivity index (χ0v) is 19.7. The van der Waals surface area contributed by atoms with E-state index >= 15 is 0 Å². The predicted octanol–water partition coefficient (Wildman–Crippen LogP) is 1.87. The number of rotatable bonds is 6. The molecule has 0 N–H and O–H groups in total. The Morgan fingerprint density at radius 2 is 1.00 bits per heavy atom. The molecule has 0 saturated heterocycles. The van der Waals surface area contributed by atoms with Crippen molar-refractivity contribution in [2.75, 3.05) is 14.2 Å². The molecule has 172 valence electrons. The summed E-state index contributed by atoms with van der Waals surface area (Å²) in [5.41, 5.74) is 0. The van der Waals surface area contributed by atoms with E-state index in [9.17, 15) is 42.0 Å². The Kier molecular flexibility index (Phi) is 7.66. The van der Waals surface area contributed by atoms with Crippen molar-refractivity contribution in [2.45, 2.75) is 9.79 Å². The second kappa shape index (κ2) is 8.50. The third-order valence-electron chi connectivity index (χ3n) is 2.83. The first-order valence-corrected chi connectivity index (χ1v) is 14.3. The summed E-state index contributed by atoms with van der Waals surface area (Å²) in [6, 6.07) is 12.9. The van der Waals surface area contributed by atoms with E-state index in [4.69, 9.17) is 0 Å². The van der Waals surface area contributed by atoms with Crippen molar-refractivity contribution in [2.24, 2.45) is 0 Å². The molecule has 2 rings (SSSR count). The minimum absolute atomic E-state index is 0.0814. The maximum atomic E-state index is 11.7. The van der Waals surface area contributed by atoms with Gasteiger partial charge in [0.1, 0.15) is 0 Å². The van der Waals surface area contributed by atoms with Gasteiger partial charge in [-0.05, 0) is 24.3 Å². The molecular weight excluding hydrogens is 600 g/mol. The quantitative estimate of drug-likeness (QED) is 0.214. The summed E-state index contributed by atoms with van der Waals surface area (Å²) in [6.07, 6.45) is 0. The number of benzene rings is 2. The van der Waals surface area contributed by atoms with Crippen molar-refractivity contribution in [3.05, 3.63) is 55.7 Å². The van der Waals surface area contributed by atoms with Gasteiger partial charge in [0.2, 0.25) is 0 Å². The van der Waals surface area contributed by atoms with Crippen molar-refractivity contribution in [1.82, 2.24) is 0 Å². The molecule has 0 aliphatic rings. The number of hydrogen-bond acceptors (Lipinski definition) is 6. The van der Waals surface area contributed by atoms with Crippen molar-refractivity contribution >= 4 is 28.0 Å². The summed E-state index contributed by atoms with van der Waals surface area (Å²) < 4.78 is 117. The summed E-state index contributed by atoms with van der Waals surface area (Å²) >= 11 is -0.752. The average Bonchev–Trinajstić information content (AvgIpc) is 2.59. The fourth-order valence-corrected chi connectivity index (χ4v) is 6.00. The molecule has 0 heterocycles. The Hall–Kier alpha value is -1.00. The molecule has 0 aliphatic heterocycles. The molecule has 0 aromatic heterocycles. The van der Waals surface area contributed by atoms with Crippen LogP contribution in [0.15, 0.2) is 58.3 Å². The summed E-state index contributed by atoms with van der Waals surface area (Å²) in [7, 11) is -15.9. The third kappa shape index (κ3) is 10.9. The average molecular weight is 614 g/mol. The molecule has 16 heteroatoms. The van der Waals surface area contributed by atoms with Crippen LogP contribution in [0.4, 0.5) is 25.2 Å². The van der Waals surface area contributed by atoms with Crippen LogP contribution in [0.1, 0.15) is 0 Å². The first-order valence-electron chi connectivity index (χ1n) is 7.26. The van der Waals surface area contributed by atoms with Crippen molar-refractivity contribution in [3.8, 4) is 0 Å². The van der Waals surface area contributed by atoms with Gasteiger partial charge in [-0.25, -0.2) is 0 Å². The van der Waals surface area contributed by atoms with Crippen molar-refractivity contribution < 1.29 is 71.6 Å². The molecule has 0 aliphatic carbocycles. The zero-order valence-electron chi connectivity index (χ0n) is 15.0. The molecule has 0 radical (unpaired) electrons. The van der Waals surface area contributed by atoms with Crippen molar-refractivity contribution in [3.63, 3.8) is 0 Å². The standard InChI is InChI=1S/C14H14IO6S2.F6P/c1-20-22(16,17)13-7-3-5-11(9-13)15-12-6-4-8-14(10-12)23(18,19)21-2;1-7(2,3,4,5)6/h3-10H,1-2H3;/q+1;-1. The Labute approximate surface area is 178 Å². The second-order valence-corrected chi connectivity index (χ2v) is 13.6. The van der Waals surface area contributed by atoms with Gasteiger partial charge in [-0.3, -0.25) is 8.37 Å². The van der Waals surface area contributed by atoms with Crippen LogP contribution in [0.2, 0.25) is 0 Å². The van der Waals surface area contributed by atoms with Crippen LogP contribution >= 0.6 is 7.81 Å².